The van der Waals surface area contributed by atoms with Gasteiger partial charge in [-0.25, -0.2) is 0 Å². The summed E-state index contributed by atoms with van der Waals surface area (Å²) in [7, 11) is 0. The van der Waals surface area contributed by atoms with Crippen LogP contribution in [-0.4, -0.2) is 18.5 Å². The van der Waals surface area contributed by atoms with Crippen LogP contribution in [0.2, 0.25) is 0 Å². The lowest BCUT2D eigenvalue weighted by Gasteiger charge is -2.26. The number of amides is 1. The van der Waals surface area contributed by atoms with Crippen LogP contribution in [-0.2, 0) is 4.79 Å². The van der Waals surface area contributed by atoms with E-state index < -0.39 is 0 Å². The van der Waals surface area contributed by atoms with Gasteiger partial charge in [0.2, 0.25) is 5.91 Å². The van der Waals surface area contributed by atoms with Crippen LogP contribution in [0.4, 0.5) is 0 Å². The topological polar surface area (TPSA) is 55.1 Å². The molecule has 3 nitrogen and oxygen atoms in total. The fourth-order valence-corrected chi connectivity index (χ4v) is 2.84. The zero-order valence-electron chi connectivity index (χ0n) is 10.2. The van der Waals surface area contributed by atoms with E-state index in [1.807, 2.05) is 0 Å². The van der Waals surface area contributed by atoms with Crippen LogP contribution in [0.3, 0.4) is 0 Å². The highest BCUT2D eigenvalue weighted by atomic mass is 16.2. The van der Waals surface area contributed by atoms with Crippen LogP contribution in [0.5, 0.6) is 0 Å². The van der Waals surface area contributed by atoms with Crippen LogP contribution in [0, 0.1) is 17.8 Å². The third-order valence-corrected chi connectivity index (χ3v) is 4.33. The van der Waals surface area contributed by atoms with Crippen molar-refractivity contribution in [2.75, 3.05) is 6.54 Å². The number of carbonyl (C=O) groups is 1. The number of nitrogens with one attached hydrogen (secondary N) is 1. The molecule has 2 fully saturated rings. The minimum Gasteiger partial charge on any atom is -0.353 e. The Bertz CT molecular complexity index is 246. The third-order valence-electron chi connectivity index (χ3n) is 4.33. The molecule has 2 aliphatic rings. The first-order valence-corrected chi connectivity index (χ1v) is 6.75. The quantitative estimate of drug-likeness (QED) is 0.763. The lowest BCUT2D eigenvalue weighted by Crippen LogP contribution is -2.36. The van der Waals surface area contributed by atoms with Crippen LogP contribution in [0.25, 0.3) is 0 Å². The second kappa shape index (κ2) is 5.17. The molecule has 92 valence electrons. The minimum atomic E-state index is 0.265. The summed E-state index contributed by atoms with van der Waals surface area (Å²) in [6, 6.07) is 0.490. The van der Waals surface area contributed by atoms with Gasteiger partial charge in [0.05, 0.1) is 0 Å². The summed E-state index contributed by atoms with van der Waals surface area (Å²) in [5.41, 5.74) is 5.65. The van der Waals surface area contributed by atoms with E-state index >= 15 is 0 Å². The summed E-state index contributed by atoms with van der Waals surface area (Å²) >= 11 is 0. The first-order chi connectivity index (χ1) is 7.74. The van der Waals surface area contributed by atoms with Crippen molar-refractivity contribution in [1.29, 1.82) is 0 Å². The smallest absolute Gasteiger partial charge is 0.223 e. The Labute approximate surface area is 98.2 Å². The Morgan fingerprint density at radius 1 is 1.31 bits per heavy atom. The maximum Gasteiger partial charge on any atom is 0.223 e. The van der Waals surface area contributed by atoms with Crippen molar-refractivity contribution in [2.45, 2.75) is 51.5 Å². The monoisotopic (exact) mass is 224 g/mol. The van der Waals surface area contributed by atoms with Crippen LogP contribution in [0.15, 0.2) is 0 Å². The molecule has 2 rings (SSSR count). The van der Waals surface area contributed by atoms with Gasteiger partial charge in [0.1, 0.15) is 0 Å². The van der Waals surface area contributed by atoms with Gasteiger partial charge >= 0.3 is 0 Å². The highest BCUT2D eigenvalue weighted by Crippen LogP contribution is 2.34. The van der Waals surface area contributed by atoms with Gasteiger partial charge in [-0.3, -0.25) is 4.79 Å². The summed E-state index contributed by atoms with van der Waals surface area (Å²) in [5.74, 6) is 1.98. The minimum absolute atomic E-state index is 0.265. The van der Waals surface area contributed by atoms with Crippen molar-refractivity contribution >= 4 is 5.91 Å². The third kappa shape index (κ3) is 2.76. The van der Waals surface area contributed by atoms with Gasteiger partial charge in [0, 0.05) is 12.0 Å². The van der Waals surface area contributed by atoms with Crippen LogP contribution >= 0.6 is 0 Å². The number of hydrogen-bond acceptors (Lipinski definition) is 2. The van der Waals surface area contributed by atoms with Gasteiger partial charge in [-0.05, 0) is 50.5 Å². The molecule has 0 spiro atoms. The fraction of sp³-hybridized carbons (Fsp3) is 0.923. The Hall–Kier alpha value is -0.570. The number of hydrogen-bond donors (Lipinski definition) is 2. The molecule has 0 saturated heterocycles. The van der Waals surface area contributed by atoms with E-state index in [0.717, 1.165) is 38.1 Å². The van der Waals surface area contributed by atoms with Crippen molar-refractivity contribution in [1.82, 2.24) is 5.32 Å². The predicted octanol–water partition coefficient (Wildman–Crippen LogP) is 1.67. The van der Waals surface area contributed by atoms with Gasteiger partial charge in [0.15, 0.2) is 0 Å². The number of nitrogens with two attached hydrogens (primary N) is 1. The lowest BCUT2D eigenvalue weighted by atomic mass is 9.81. The largest absolute Gasteiger partial charge is 0.353 e. The van der Waals surface area contributed by atoms with Crippen molar-refractivity contribution in [2.24, 2.45) is 23.5 Å². The number of rotatable bonds is 4. The summed E-state index contributed by atoms with van der Waals surface area (Å²) < 4.78 is 0. The molecule has 0 aromatic heterocycles. The molecule has 3 heteroatoms. The first-order valence-electron chi connectivity index (χ1n) is 6.75. The average molecular weight is 224 g/mol. The second-order valence-corrected chi connectivity index (χ2v) is 5.47. The molecule has 2 aliphatic carbocycles. The lowest BCUT2D eigenvalue weighted by molar-refractivity contribution is -0.126. The highest BCUT2D eigenvalue weighted by molar-refractivity contribution is 5.79. The van der Waals surface area contributed by atoms with E-state index in [2.05, 4.69) is 12.2 Å². The van der Waals surface area contributed by atoms with E-state index in [0.29, 0.717) is 17.9 Å². The van der Waals surface area contributed by atoms with Crippen molar-refractivity contribution in [3.8, 4) is 0 Å². The molecular formula is C13H24N2O. The Kier molecular flexibility index (Phi) is 3.85. The zero-order valence-corrected chi connectivity index (χ0v) is 10.2. The van der Waals surface area contributed by atoms with Crippen LogP contribution in [0.1, 0.15) is 45.4 Å². The zero-order chi connectivity index (χ0) is 11.5. The van der Waals surface area contributed by atoms with Crippen molar-refractivity contribution in [3.05, 3.63) is 0 Å². The van der Waals surface area contributed by atoms with Crippen molar-refractivity contribution < 1.29 is 4.79 Å². The highest BCUT2D eigenvalue weighted by Gasteiger charge is 2.38. The maximum absolute atomic E-state index is 12.0. The standard InChI is InChI=1S/C13H24N2O/c1-2-10-7-12(10)15-13(16)11-5-3-9(8-14)4-6-11/h9-12H,2-8,14H2,1H3,(H,15,16). The van der Waals surface area contributed by atoms with Crippen molar-refractivity contribution in [3.63, 3.8) is 0 Å². The van der Waals surface area contributed by atoms with Gasteiger partial charge in [-0.1, -0.05) is 13.3 Å². The van der Waals surface area contributed by atoms with E-state index in [1.165, 1.54) is 12.8 Å². The molecule has 0 bridgehead atoms. The van der Waals surface area contributed by atoms with E-state index in [-0.39, 0.29) is 5.92 Å². The number of carbonyl (C=O) groups excluding carboxylic acids is 1. The molecular weight excluding hydrogens is 200 g/mol. The molecule has 0 radical (unpaired) electrons. The fourth-order valence-electron chi connectivity index (χ4n) is 2.84. The summed E-state index contributed by atoms with van der Waals surface area (Å²) in [4.78, 5) is 12.0. The summed E-state index contributed by atoms with van der Waals surface area (Å²) in [6.45, 7) is 2.98. The summed E-state index contributed by atoms with van der Waals surface area (Å²) in [6.07, 6.45) is 6.74. The first kappa shape index (κ1) is 11.9. The molecule has 1 amide bonds. The van der Waals surface area contributed by atoms with Gasteiger partial charge in [-0.2, -0.15) is 0 Å². The molecule has 3 N–H and O–H groups in total. The van der Waals surface area contributed by atoms with E-state index in [1.54, 1.807) is 0 Å². The molecule has 2 atom stereocenters. The van der Waals surface area contributed by atoms with E-state index in [4.69, 9.17) is 5.73 Å². The second-order valence-electron chi connectivity index (χ2n) is 5.47. The average Bonchev–Trinajstić information content (AvgIpc) is 3.07. The Balaban J connectivity index is 1.70. The Morgan fingerprint density at radius 3 is 2.50 bits per heavy atom. The molecule has 16 heavy (non-hydrogen) atoms. The van der Waals surface area contributed by atoms with E-state index in [9.17, 15) is 4.79 Å². The molecule has 0 aromatic rings. The van der Waals surface area contributed by atoms with Crippen LogP contribution < -0.4 is 11.1 Å². The predicted molar refractivity (Wildman–Crippen MR) is 64.8 cm³/mol. The summed E-state index contributed by atoms with van der Waals surface area (Å²) in [5, 5.41) is 3.19. The molecule has 0 heterocycles. The Morgan fingerprint density at radius 2 is 2.00 bits per heavy atom. The van der Waals surface area contributed by atoms with Gasteiger partial charge < -0.3 is 11.1 Å². The molecule has 0 aliphatic heterocycles. The normalized spacial score (nSPS) is 38.1. The van der Waals surface area contributed by atoms with Gasteiger partial charge in [0.25, 0.3) is 0 Å². The molecule has 2 saturated carbocycles. The molecule has 2 unspecified atom stereocenters. The molecule has 0 aromatic carbocycles. The SMILES string of the molecule is CCC1CC1NC(=O)C1CCC(CN)CC1. The van der Waals surface area contributed by atoms with Gasteiger partial charge in [-0.15, -0.1) is 0 Å². The maximum atomic E-state index is 12.0.